The highest BCUT2D eigenvalue weighted by atomic mass is 35.5. The van der Waals surface area contributed by atoms with Gasteiger partial charge in [-0.15, -0.1) is 11.3 Å². The number of benzene rings is 3. The summed E-state index contributed by atoms with van der Waals surface area (Å²) < 4.78 is 11.7. The number of aromatic nitrogens is 1. The summed E-state index contributed by atoms with van der Waals surface area (Å²) in [6.07, 6.45) is 1.67. The van der Waals surface area contributed by atoms with Crippen LogP contribution in [0.3, 0.4) is 0 Å². The second kappa shape index (κ2) is 8.27. The van der Waals surface area contributed by atoms with E-state index < -0.39 is 11.2 Å². The zero-order valence-electron chi connectivity index (χ0n) is 14.9. The van der Waals surface area contributed by atoms with E-state index in [1.165, 1.54) is 0 Å². The van der Waals surface area contributed by atoms with E-state index in [1.54, 1.807) is 17.6 Å². The van der Waals surface area contributed by atoms with Crippen LogP contribution in [0.4, 0.5) is 0 Å². The first-order chi connectivity index (χ1) is 13.5. The SMILES string of the molecule is C[S+]([O-])c1ccc(-c2sc(-c3ccccc3Cl)nc2-c2ccccc2Cl)cc1. The van der Waals surface area contributed by atoms with Crippen LogP contribution in [0, 0.1) is 0 Å². The molecule has 0 aliphatic carbocycles. The van der Waals surface area contributed by atoms with E-state index in [-0.39, 0.29) is 0 Å². The molecule has 140 valence electrons. The Kier molecular flexibility index (Phi) is 5.76. The Labute approximate surface area is 181 Å². The summed E-state index contributed by atoms with van der Waals surface area (Å²) >= 11 is 13.4. The van der Waals surface area contributed by atoms with Gasteiger partial charge in [0.25, 0.3) is 0 Å². The average Bonchev–Trinajstić information content (AvgIpc) is 3.13. The Morgan fingerprint density at radius 2 is 1.39 bits per heavy atom. The van der Waals surface area contributed by atoms with Gasteiger partial charge in [-0.1, -0.05) is 59.6 Å². The number of rotatable bonds is 4. The summed E-state index contributed by atoms with van der Waals surface area (Å²) in [6, 6.07) is 23.1. The van der Waals surface area contributed by atoms with Gasteiger partial charge in [-0.3, -0.25) is 0 Å². The fourth-order valence-electron chi connectivity index (χ4n) is 2.90. The molecular formula is C22H15Cl2NOS2. The van der Waals surface area contributed by atoms with Gasteiger partial charge >= 0.3 is 0 Å². The van der Waals surface area contributed by atoms with Crippen LogP contribution in [0.5, 0.6) is 0 Å². The van der Waals surface area contributed by atoms with Crippen molar-refractivity contribution in [1.29, 1.82) is 0 Å². The topological polar surface area (TPSA) is 36.0 Å². The highest BCUT2D eigenvalue weighted by Crippen LogP contribution is 2.43. The lowest BCUT2D eigenvalue weighted by atomic mass is 10.1. The summed E-state index contributed by atoms with van der Waals surface area (Å²) in [6.45, 7) is 0. The number of thiazole rings is 1. The van der Waals surface area contributed by atoms with E-state index >= 15 is 0 Å². The Hall–Kier alpha value is -1.82. The lowest BCUT2D eigenvalue weighted by Crippen LogP contribution is -1.96. The molecular weight excluding hydrogens is 429 g/mol. The molecule has 1 atom stereocenters. The van der Waals surface area contributed by atoms with Gasteiger partial charge in [0.2, 0.25) is 0 Å². The number of halogens is 2. The third-order valence-electron chi connectivity index (χ3n) is 4.31. The molecule has 0 bridgehead atoms. The van der Waals surface area contributed by atoms with Gasteiger partial charge in [0, 0.05) is 11.1 Å². The van der Waals surface area contributed by atoms with Crippen LogP contribution in [0.25, 0.3) is 32.3 Å². The molecule has 0 spiro atoms. The molecule has 0 saturated carbocycles. The van der Waals surface area contributed by atoms with Crippen LogP contribution in [0.2, 0.25) is 10.0 Å². The molecule has 4 rings (SSSR count). The molecule has 1 unspecified atom stereocenters. The van der Waals surface area contributed by atoms with E-state index in [9.17, 15) is 4.55 Å². The van der Waals surface area contributed by atoms with E-state index in [0.29, 0.717) is 10.0 Å². The quantitative estimate of drug-likeness (QED) is 0.312. The summed E-state index contributed by atoms with van der Waals surface area (Å²) in [5.41, 5.74) is 3.58. The largest absolute Gasteiger partial charge is 0.612 e. The van der Waals surface area contributed by atoms with Crippen molar-refractivity contribution in [1.82, 2.24) is 4.98 Å². The average molecular weight is 444 g/mol. The smallest absolute Gasteiger partial charge is 0.152 e. The van der Waals surface area contributed by atoms with Gasteiger partial charge in [-0.05, 0) is 53.1 Å². The first-order valence-corrected chi connectivity index (χ1v) is 11.6. The Bertz CT molecular complexity index is 1120. The molecule has 0 N–H and O–H groups in total. The maximum absolute atomic E-state index is 11.7. The summed E-state index contributed by atoms with van der Waals surface area (Å²) in [5.74, 6) is 0. The predicted octanol–water partition coefficient (Wildman–Crippen LogP) is 7.19. The number of hydrogen-bond acceptors (Lipinski definition) is 3. The Balaban J connectivity index is 1.91. The minimum absolute atomic E-state index is 0.644. The molecule has 0 saturated heterocycles. The van der Waals surface area contributed by atoms with Crippen molar-refractivity contribution in [3.8, 4) is 32.3 Å². The molecule has 0 aliphatic heterocycles. The standard InChI is InChI=1S/C22H15Cl2NOS2/c1-28(26)15-12-10-14(11-13-15)21-20(16-6-2-4-8-18(16)23)25-22(27-21)17-7-3-5-9-19(17)24/h2-13H,1H3. The van der Waals surface area contributed by atoms with Crippen molar-refractivity contribution in [2.24, 2.45) is 0 Å². The molecule has 4 aromatic rings. The van der Waals surface area contributed by atoms with Crippen LogP contribution >= 0.6 is 34.5 Å². The van der Waals surface area contributed by atoms with Gasteiger partial charge in [0.15, 0.2) is 4.90 Å². The molecule has 6 heteroatoms. The molecule has 2 nitrogen and oxygen atoms in total. The van der Waals surface area contributed by atoms with Crippen molar-refractivity contribution in [2.45, 2.75) is 4.90 Å². The van der Waals surface area contributed by atoms with Crippen molar-refractivity contribution < 1.29 is 4.55 Å². The van der Waals surface area contributed by atoms with Crippen molar-refractivity contribution in [2.75, 3.05) is 6.26 Å². The van der Waals surface area contributed by atoms with Gasteiger partial charge in [0.1, 0.15) is 11.3 Å². The second-order valence-corrected chi connectivity index (χ2v) is 9.33. The maximum Gasteiger partial charge on any atom is 0.152 e. The molecule has 3 aromatic carbocycles. The summed E-state index contributed by atoms with van der Waals surface area (Å²) in [4.78, 5) is 6.68. The first kappa shape index (κ1) is 19.5. The van der Waals surface area contributed by atoms with Crippen molar-refractivity contribution in [3.05, 3.63) is 82.8 Å². The van der Waals surface area contributed by atoms with Gasteiger partial charge < -0.3 is 4.55 Å². The van der Waals surface area contributed by atoms with Crippen LogP contribution in [0.1, 0.15) is 0 Å². The van der Waals surface area contributed by atoms with E-state index in [4.69, 9.17) is 28.2 Å². The number of hydrogen-bond donors (Lipinski definition) is 0. The fourth-order valence-corrected chi connectivity index (χ4v) is 5.05. The maximum atomic E-state index is 11.7. The Morgan fingerprint density at radius 3 is 1.96 bits per heavy atom. The van der Waals surface area contributed by atoms with Crippen molar-refractivity contribution >= 4 is 45.7 Å². The minimum atomic E-state index is -1.02. The highest BCUT2D eigenvalue weighted by molar-refractivity contribution is 7.90. The second-order valence-electron chi connectivity index (χ2n) is 6.13. The first-order valence-electron chi connectivity index (χ1n) is 8.49. The van der Waals surface area contributed by atoms with Crippen LogP contribution in [-0.2, 0) is 11.2 Å². The van der Waals surface area contributed by atoms with Gasteiger partial charge in [-0.25, -0.2) is 4.98 Å². The molecule has 1 heterocycles. The van der Waals surface area contributed by atoms with Crippen LogP contribution in [-0.4, -0.2) is 15.8 Å². The fraction of sp³-hybridized carbons (Fsp3) is 0.0455. The highest BCUT2D eigenvalue weighted by Gasteiger charge is 2.19. The molecule has 0 aliphatic rings. The summed E-state index contributed by atoms with van der Waals surface area (Å²) in [5, 5.41) is 2.13. The molecule has 0 amide bonds. The monoisotopic (exact) mass is 443 g/mol. The predicted molar refractivity (Wildman–Crippen MR) is 121 cm³/mol. The van der Waals surface area contributed by atoms with Gasteiger partial charge in [0.05, 0.1) is 20.6 Å². The zero-order valence-corrected chi connectivity index (χ0v) is 18.0. The molecule has 1 aromatic heterocycles. The molecule has 0 radical (unpaired) electrons. The third-order valence-corrected chi connectivity index (χ3v) is 7.04. The zero-order chi connectivity index (χ0) is 19.7. The van der Waals surface area contributed by atoms with Gasteiger partial charge in [-0.2, -0.15) is 0 Å². The molecule has 0 fully saturated rings. The van der Waals surface area contributed by atoms with Crippen LogP contribution in [0.15, 0.2) is 77.7 Å². The Morgan fingerprint density at radius 1 is 0.821 bits per heavy atom. The van der Waals surface area contributed by atoms with E-state index in [1.807, 2.05) is 72.8 Å². The minimum Gasteiger partial charge on any atom is -0.612 e. The van der Waals surface area contributed by atoms with E-state index in [0.717, 1.165) is 37.2 Å². The number of nitrogens with zero attached hydrogens (tertiary/aromatic N) is 1. The molecule has 28 heavy (non-hydrogen) atoms. The third kappa shape index (κ3) is 3.84. The summed E-state index contributed by atoms with van der Waals surface area (Å²) in [7, 11) is 0. The van der Waals surface area contributed by atoms with E-state index in [2.05, 4.69) is 0 Å². The lowest BCUT2D eigenvalue weighted by molar-refractivity contribution is 0.601. The normalized spacial score (nSPS) is 12.1. The van der Waals surface area contributed by atoms with Crippen LogP contribution < -0.4 is 0 Å². The lowest BCUT2D eigenvalue weighted by Gasteiger charge is -2.07. The van der Waals surface area contributed by atoms with Crippen molar-refractivity contribution in [3.63, 3.8) is 0 Å².